The smallest absolute Gasteiger partial charge is 0.261 e. The fourth-order valence-corrected chi connectivity index (χ4v) is 1.74. The van der Waals surface area contributed by atoms with Gasteiger partial charge in [-0.25, -0.2) is 8.78 Å². The Balaban J connectivity index is 2.37. The van der Waals surface area contributed by atoms with Crippen molar-refractivity contribution in [3.05, 3.63) is 21.9 Å². The lowest BCUT2D eigenvalue weighted by atomic mass is 10.3. The van der Waals surface area contributed by atoms with Gasteiger partial charge in [-0.15, -0.1) is 11.3 Å². The van der Waals surface area contributed by atoms with Crippen LogP contribution in [0.1, 0.15) is 16.9 Å². The fraction of sp³-hybridized carbons (Fsp3) is 0.455. The van der Waals surface area contributed by atoms with Crippen LogP contribution in [0.4, 0.5) is 8.78 Å². The van der Waals surface area contributed by atoms with E-state index in [-0.39, 0.29) is 13.2 Å². The summed E-state index contributed by atoms with van der Waals surface area (Å²) in [5.74, 6) is 5.65. The fourth-order valence-electron chi connectivity index (χ4n) is 0.991. The largest absolute Gasteiger partial charge is 0.395 e. The van der Waals surface area contributed by atoms with E-state index in [0.717, 1.165) is 10.4 Å². The molecule has 0 saturated heterocycles. The van der Waals surface area contributed by atoms with Crippen LogP contribution >= 0.6 is 11.3 Å². The van der Waals surface area contributed by atoms with Crippen molar-refractivity contribution in [1.82, 2.24) is 0 Å². The molecule has 0 saturated carbocycles. The van der Waals surface area contributed by atoms with Gasteiger partial charge in [-0.3, -0.25) is 0 Å². The summed E-state index contributed by atoms with van der Waals surface area (Å²) >= 11 is 1.42. The van der Waals surface area contributed by atoms with Crippen LogP contribution in [0.2, 0.25) is 0 Å². The number of aliphatic hydroxyl groups excluding tert-OH is 1. The molecule has 0 aliphatic rings. The summed E-state index contributed by atoms with van der Waals surface area (Å²) in [5, 5.41) is 10.4. The molecule has 0 unspecified atom stereocenters. The molecule has 0 aliphatic heterocycles. The predicted molar refractivity (Wildman–Crippen MR) is 58.6 cm³/mol. The highest BCUT2D eigenvalue weighted by Crippen LogP contribution is 2.15. The normalized spacial score (nSPS) is 10.2. The molecule has 5 heteroatoms. The van der Waals surface area contributed by atoms with Crippen molar-refractivity contribution in [2.75, 3.05) is 13.2 Å². The first kappa shape index (κ1) is 13.1. The maximum Gasteiger partial charge on any atom is 0.261 e. The molecule has 0 amide bonds. The molecule has 0 fully saturated rings. The standard InChI is InChI=1S/C11H12F2O2S/c12-11(13)7-15-6-10-5-9(8-16-10)3-1-2-4-14/h5,8,11,14H,2,4,6-7H2. The van der Waals surface area contributed by atoms with Crippen molar-refractivity contribution in [1.29, 1.82) is 0 Å². The van der Waals surface area contributed by atoms with Gasteiger partial charge in [0.2, 0.25) is 0 Å². The Bertz CT molecular complexity index is 366. The summed E-state index contributed by atoms with van der Waals surface area (Å²) in [6.45, 7) is -0.304. The predicted octanol–water partition coefficient (Wildman–Crippen LogP) is 2.26. The molecule has 1 aromatic rings. The Morgan fingerprint density at radius 3 is 3.00 bits per heavy atom. The molecular weight excluding hydrogens is 234 g/mol. The summed E-state index contributed by atoms with van der Waals surface area (Å²) < 4.78 is 28.4. The van der Waals surface area contributed by atoms with Gasteiger partial charge in [0.1, 0.15) is 6.61 Å². The third-order valence-corrected chi connectivity index (χ3v) is 2.52. The van der Waals surface area contributed by atoms with E-state index in [0.29, 0.717) is 6.42 Å². The highest BCUT2D eigenvalue weighted by atomic mass is 32.1. The molecule has 16 heavy (non-hydrogen) atoms. The summed E-state index contributed by atoms with van der Waals surface area (Å²) in [6.07, 6.45) is -1.99. The van der Waals surface area contributed by atoms with Gasteiger partial charge >= 0.3 is 0 Å². The Morgan fingerprint density at radius 1 is 1.50 bits per heavy atom. The minimum Gasteiger partial charge on any atom is -0.395 e. The molecule has 0 aliphatic carbocycles. The Labute approximate surface area is 96.9 Å². The number of aliphatic hydroxyl groups is 1. The molecule has 0 atom stereocenters. The van der Waals surface area contributed by atoms with Gasteiger partial charge in [-0.2, -0.15) is 0 Å². The molecule has 2 nitrogen and oxygen atoms in total. The van der Waals surface area contributed by atoms with Gasteiger partial charge < -0.3 is 9.84 Å². The van der Waals surface area contributed by atoms with Crippen LogP contribution in [-0.4, -0.2) is 24.7 Å². The van der Waals surface area contributed by atoms with Gasteiger partial charge in [-0.1, -0.05) is 11.8 Å². The molecule has 1 aromatic heterocycles. The SMILES string of the molecule is OCCC#Cc1csc(COCC(F)F)c1. The first-order chi connectivity index (χ1) is 7.72. The van der Waals surface area contributed by atoms with Crippen LogP contribution in [0.5, 0.6) is 0 Å². The molecule has 0 spiro atoms. The molecule has 0 bridgehead atoms. The van der Waals surface area contributed by atoms with Crippen LogP contribution < -0.4 is 0 Å². The van der Waals surface area contributed by atoms with Crippen molar-refractivity contribution in [3.63, 3.8) is 0 Å². The number of ether oxygens (including phenoxy) is 1. The van der Waals surface area contributed by atoms with E-state index < -0.39 is 13.0 Å². The maximum absolute atomic E-state index is 11.8. The molecule has 1 heterocycles. The van der Waals surface area contributed by atoms with Gasteiger partial charge in [0.05, 0.1) is 13.2 Å². The second-order valence-electron chi connectivity index (χ2n) is 2.98. The number of halogens is 2. The summed E-state index contributed by atoms with van der Waals surface area (Å²) in [4.78, 5) is 0.869. The Hall–Kier alpha value is -0.960. The van der Waals surface area contributed by atoms with Crippen molar-refractivity contribution in [3.8, 4) is 11.8 Å². The van der Waals surface area contributed by atoms with Crippen LogP contribution in [0, 0.1) is 11.8 Å². The zero-order valence-corrected chi connectivity index (χ0v) is 9.40. The Morgan fingerprint density at radius 2 is 2.31 bits per heavy atom. The second-order valence-corrected chi connectivity index (χ2v) is 3.98. The van der Waals surface area contributed by atoms with Crippen LogP contribution in [-0.2, 0) is 11.3 Å². The lowest BCUT2D eigenvalue weighted by Crippen LogP contribution is -2.03. The maximum atomic E-state index is 11.8. The first-order valence-corrected chi connectivity index (χ1v) is 5.63. The van der Waals surface area contributed by atoms with Crippen LogP contribution in [0.15, 0.2) is 11.4 Å². The zero-order chi connectivity index (χ0) is 11.8. The molecule has 0 aromatic carbocycles. The van der Waals surface area contributed by atoms with E-state index >= 15 is 0 Å². The van der Waals surface area contributed by atoms with Crippen molar-refractivity contribution in [2.24, 2.45) is 0 Å². The number of thiophene rings is 1. The van der Waals surface area contributed by atoms with Gasteiger partial charge in [0.25, 0.3) is 6.43 Å². The molecular formula is C11H12F2O2S. The summed E-state index contributed by atoms with van der Waals surface area (Å²) in [5.41, 5.74) is 0.828. The van der Waals surface area contributed by atoms with Gasteiger partial charge in [0, 0.05) is 22.2 Å². The number of hydrogen-bond acceptors (Lipinski definition) is 3. The van der Waals surface area contributed by atoms with Crippen LogP contribution in [0.25, 0.3) is 0 Å². The van der Waals surface area contributed by atoms with Crippen molar-refractivity contribution < 1.29 is 18.6 Å². The summed E-state index contributed by atoms with van der Waals surface area (Å²) in [7, 11) is 0. The average Bonchev–Trinajstić information content (AvgIpc) is 2.66. The van der Waals surface area contributed by atoms with E-state index in [1.54, 1.807) is 6.07 Å². The van der Waals surface area contributed by atoms with Gasteiger partial charge in [-0.05, 0) is 6.07 Å². The van der Waals surface area contributed by atoms with Crippen molar-refractivity contribution >= 4 is 11.3 Å². The molecule has 1 N–H and O–H groups in total. The third-order valence-electron chi connectivity index (χ3n) is 1.61. The van der Waals surface area contributed by atoms with E-state index in [4.69, 9.17) is 9.84 Å². The first-order valence-electron chi connectivity index (χ1n) is 4.75. The van der Waals surface area contributed by atoms with E-state index in [1.807, 2.05) is 5.38 Å². The highest BCUT2D eigenvalue weighted by Gasteiger charge is 2.03. The second kappa shape index (κ2) is 7.34. The Kier molecular flexibility index (Phi) is 6.01. The van der Waals surface area contributed by atoms with Gasteiger partial charge in [0.15, 0.2) is 0 Å². The van der Waals surface area contributed by atoms with Crippen LogP contribution in [0.3, 0.4) is 0 Å². The third kappa shape index (κ3) is 5.21. The monoisotopic (exact) mass is 246 g/mol. The van der Waals surface area contributed by atoms with E-state index in [1.165, 1.54) is 11.3 Å². The zero-order valence-electron chi connectivity index (χ0n) is 8.58. The number of alkyl halides is 2. The quantitative estimate of drug-likeness (QED) is 0.807. The minimum absolute atomic E-state index is 0.0431. The minimum atomic E-state index is -2.43. The molecule has 1 rings (SSSR count). The topological polar surface area (TPSA) is 29.5 Å². The molecule has 88 valence electrons. The number of hydrogen-bond donors (Lipinski definition) is 1. The summed E-state index contributed by atoms with van der Waals surface area (Å²) in [6, 6.07) is 1.81. The van der Waals surface area contributed by atoms with Crippen molar-refractivity contribution in [2.45, 2.75) is 19.5 Å². The van der Waals surface area contributed by atoms with E-state index in [2.05, 4.69) is 11.8 Å². The lowest BCUT2D eigenvalue weighted by Gasteiger charge is -1.99. The average molecular weight is 246 g/mol. The lowest BCUT2D eigenvalue weighted by molar-refractivity contribution is 0.0108. The molecule has 0 radical (unpaired) electrons. The van der Waals surface area contributed by atoms with E-state index in [9.17, 15) is 8.78 Å². The number of rotatable bonds is 5. The highest BCUT2D eigenvalue weighted by molar-refractivity contribution is 7.10.